The maximum absolute atomic E-state index is 13.3. The highest BCUT2D eigenvalue weighted by Crippen LogP contribution is 2.40. The summed E-state index contributed by atoms with van der Waals surface area (Å²) in [6.07, 6.45) is -4.95. The van der Waals surface area contributed by atoms with Gasteiger partial charge in [-0.3, -0.25) is 4.21 Å². The molecule has 0 fully saturated rings. The van der Waals surface area contributed by atoms with Crippen LogP contribution >= 0.6 is 0 Å². The van der Waals surface area contributed by atoms with Crippen molar-refractivity contribution in [2.24, 2.45) is 5.92 Å². The minimum absolute atomic E-state index is 0.0616. The van der Waals surface area contributed by atoms with Gasteiger partial charge in [0.05, 0.1) is 26.9 Å². The van der Waals surface area contributed by atoms with Crippen LogP contribution in [0.5, 0.6) is 0 Å². The number of nitrogens with zero attached hydrogens (tertiary/aromatic N) is 1. The van der Waals surface area contributed by atoms with Crippen LogP contribution in [0.15, 0.2) is 47.4 Å². The Morgan fingerprint density at radius 3 is 2.31 bits per heavy atom. The molecular formula is C20H19F6NOS. The molecule has 158 valence electrons. The second-order valence-corrected chi connectivity index (χ2v) is 8.72. The molecule has 9 heteroatoms. The van der Waals surface area contributed by atoms with Crippen LogP contribution in [-0.2, 0) is 17.0 Å². The van der Waals surface area contributed by atoms with Crippen LogP contribution in [-0.4, -0.2) is 22.4 Å². The van der Waals surface area contributed by atoms with E-state index in [2.05, 4.69) is 0 Å². The first kappa shape index (κ1) is 21.7. The number of alkyl halides is 5. The number of anilines is 2. The number of hydrogen-bond donors (Lipinski definition) is 0. The third kappa shape index (κ3) is 5.32. The lowest BCUT2D eigenvalue weighted by atomic mass is 10.0. The third-order valence-corrected chi connectivity index (χ3v) is 6.39. The number of hydrogen-bond acceptors (Lipinski definition) is 2. The standard InChI is InChI=1S/C20H19F6NOS/c1-19(22,23)9-8-13-11-27(16-5-3-15(21)4-6-16)17-10-14(20(24,25)26)2-7-18(17)29(28)12-13/h2-7,10,13H,8-9,11-12H2,1H3/t13-,29?/m1/s1. The molecule has 2 aromatic rings. The average Bonchev–Trinajstić information content (AvgIpc) is 2.76. The van der Waals surface area contributed by atoms with Crippen LogP contribution in [0.2, 0.25) is 0 Å². The summed E-state index contributed by atoms with van der Waals surface area (Å²) < 4.78 is 92.5. The maximum Gasteiger partial charge on any atom is 0.416 e. The summed E-state index contributed by atoms with van der Waals surface area (Å²) >= 11 is 0. The SMILES string of the molecule is CC(F)(F)CC[C@@H]1CN(c2ccc(F)cc2)c2cc(C(F)(F)F)ccc2S(=O)C1. The average molecular weight is 435 g/mol. The highest BCUT2D eigenvalue weighted by Gasteiger charge is 2.35. The molecule has 29 heavy (non-hydrogen) atoms. The van der Waals surface area contributed by atoms with Gasteiger partial charge in [-0.1, -0.05) is 0 Å². The number of rotatable bonds is 4. The van der Waals surface area contributed by atoms with Gasteiger partial charge >= 0.3 is 6.18 Å². The lowest BCUT2D eigenvalue weighted by molar-refractivity contribution is -0.137. The van der Waals surface area contributed by atoms with Crippen LogP contribution in [0.1, 0.15) is 25.3 Å². The van der Waals surface area contributed by atoms with E-state index in [4.69, 9.17) is 0 Å². The Balaban J connectivity index is 2.06. The van der Waals surface area contributed by atoms with Gasteiger partial charge in [0.15, 0.2) is 0 Å². The van der Waals surface area contributed by atoms with Crippen LogP contribution in [0.3, 0.4) is 0 Å². The Kier molecular flexibility index (Phi) is 5.98. The van der Waals surface area contributed by atoms with Crippen molar-refractivity contribution in [3.63, 3.8) is 0 Å². The van der Waals surface area contributed by atoms with E-state index in [1.54, 1.807) is 0 Å². The molecule has 1 unspecified atom stereocenters. The minimum atomic E-state index is -4.60. The molecule has 0 radical (unpaired) electrons. The molecule has 0 amide bonds. The van der Waals surface area contributed by atoms with Gasteiger partial charge in [-0.15, -0.1) is 0 Å². The Morgan fingerprint density at radius 2 is 1.72 bits per heavy atom. The van der Waals surface area contributed by atoms with E-state index in [-0.39, 0.29) is 29.3 Å². The number of benzene rings is 2. The van der Waals surface area contributed by atoms with Gasteiger partial charge in [-0.05, 0) is 61.7 Å². The highest BCUT2D eigenvalue weighted by atomic mass is 32.2. The summed E-state index contributed by atoms with van der Waals surface area (Å²) in [6, 6.07) is 8.08. The molecule has 0 saturated heterocycles. The first-order valence-electron chi connectivity index (χ1n) is 8.94. The van der Waals surface area contributed by atoms with Crippen molar-refractivity contribution in [3.05, 3.63) is 53.8 Å². The van der Waals surface area contributed by atoms with E-state index < -0.39 is 46.6 Å². The van der Waals surface area contributed by atoms with Crippen LogP contribution < -0.4 is 4.90 Å². The van der Waals surface area contributed by atoms with Crippen LogP contribution in [0, 0.1) is 11.7 Å². The Morgan fingerprint density at radius 1 is 1.07 bits per heavy atom. The molecule has 2 nitrogen and oxygen atoms in total. The summed E-state index contributed by atoms with van der Waals surface area (Å²) in [6.45, 7) is 0.893. The summed E-state index contributed by atoms with van der Waals surface area (Å²) in [5.41, 5.74) is -0.409. The third-order valence-electron chi connectivity index (χ3n) is 4.78. The molecular weight excluding hydrogens is 416 g/mol. The predicted octanol–water partition coefficient (Wildman–Crippen LogP) is 6.16. The van der Waals surface area contributed by atoms with Crippen molar-refractivity contribution in [1.82, 2.24) is 0 Å². The van der Waals surface area contributed by atoms with Crippen molar-refractivity contribution in [1.29, 1.82) is 0 Å². The van der Waals surface area contributed by atoms with E-state index >= 15 is 0 Å². The molecule has 3 rings (SSSR count). The molecule has 0 bridgehead atoms. The smallest absolute Gasteiger partial charge is 0.340 e. The second kappa shape index (κ2) is 8.01. The summed E-state index contributed by atoms with van der Waals surface area (Å²) in [4.78, 5) is 1.71. The van der Waals surface area contributed by atoms with E-state index in [0.29, 0.717) is 5.69 Å². The topological polar surface area (TPSA) is 20.3 Å². The van der Waals surface area contributed by atoms with Gasteiger partial charge in [0.25, 0.3) is 0 Å². The monoisotopic (exact) mass is 435 g/mol. The fraction of sp³-hybridized carbons (Fsp3) is 0.400. The predicted molar refractivity (Wildman–Crippen MR) is 99.5 cm³/mol. The van der Waals surface area contributed by atoms with Crippen molar-refractivity contribution >= 4 is 22.2 Å². The van der Waals surface area contributed by atoms with E-state index in [1.165, 1.54) is 35.2 Å². The molecule has 0 aromatic heterocycles. The molecule has 1 aliphatic heterocycles. The van der Waals surface area contributed by atoms with Crippen molar-refractivity contribution in [2.45, 2.75) is 36.8 Å². The zero-order chi connectivity index (χ0) is 21.4. The van der Waals surface area contributed by atoms with Gasteiger partial charge in [0, 0.05) is 24.4 Å². The molecule has 0 aliphatic carbocycles. The van der Waals surface area contributed by atoms with Crippen molar-refractivity contribution in [2.75, 3.05) is 17.2 Å². The largest absolute Gasteiger partial charge is 0.416 e. The maximum atomic E-state index is 13.3. The fourth-order valence-corrected chi connectivity index (χ4v) is 4.81. The molecule has 0 N–H and O–H groups in total. The van der Waals surface area contributed by atoms with Gasteiger partial charge in [0.2, 0.25) is 5.92 Å². The first-order chi connectivity index (χ1) is 13.4. The van der Waals surface area contributed by atoms with Gasteiger partial charge < -0.3 is 4.90 Å². The Hall–Kier alpha value is -2.03. The Labute approximate surface area is 167 Å². The normalized spacial score (nSPS) is 20.3. The first-order valence-corrected chi connectivity index (χ1v) is 10.3. The second-order valence-electron chi connectivity index (χ2n) is 7.25. The Bertz CT molecular complexity index is 891. The van der Waals surface area contributed by atoms with E-state index in [9.17, 15) is 30.6 Å². The van der Waals surface area contributed by atoms with Crippen molar-refractivity contribution < 1.29 is 30.6 Å². The minimum Gasteiger partial charge on any atom is -0.340 e. The lowest BCUT2D eigenvalue weighted by Gasteiger charge is -2.28. The summed E-state index contributed by atoms with van der Waals surface area (Å²) in [5, 5.41) is 0. The molecule has 0 spiro atoms. The van der Waals surface area contributed by atoms with Gasteiger partial charge in [-0.25, -0.2) is 13.2 Å². The zero-order valence-corrected chi connectivity index (χ0v) is 16.3. The van der Waals surface area contributed by atoms with Crippen molar-refractivity contribution in [3.8, 4) is 0 Å². The molecule has 1 heterocycles. The van der Waals surface area contributed by atoms with Crippen LogP contribution in [0.4, 0.5) is 37.7 Å². The molecule has 2 atom stereocenters. The highest BCUT2D eigenvalue weighted by molar-refractivity contribution is 7.85. The quantitative estimate of drug-likeness (QED) is 0.537. The fourth-order valence-electron chi connectivity index (χ4n) is 3.31. The molecule has 1 aliphatic rings. The van der Waals surface area contributed by atoms with Crippen LogP contribution in [0.25, 0.3) is 0 Å². The van der Waals surface area contributed by atoms with Gasteiger partial charge in [-0.2, -0.15) is 13.2 Å². The van der Waals surface area contributed by atoms with Gasteiger partial charge in [0.1, 0.15) is 5.82 Å². The summed E-state index contributed by atoms with van der Waals surface area (Å²) in [5.74, 6) is -3.79. The number of halogens is 6. The molecule has 2 aromatic carbocycles. The summed E-state index contributed by atoms with van der Waals surface area (Å²) in [7, 11) is -1.65. The van der Waals surface area contributed by atoms with E-state index in [0.717, 1.165) is 19.1 Å². The molecule has 0 saturated carbocycles. The lowest BCUT2D eigenvalue weighted by Crippen LogP contribution is -2.27. The number of fused-ring (bicyclic) bond motifs is 1. The zero-order valence-electron chi connectivity index (χ0n) is 15.5. The van der Waals surface area contributed by atoms with E-state index in [1.807, 2.05) is 0 Å².